The van der Waals surface area contributed by atoms with Crippen LogP contribution in [0.25, 0.3) is 11.0 Å². The molecule has 0 fully saturated rings. The molecule has 0 saturated heterocycles. The largest absolute Gasteiger partial charge is 0.425 e. The van der Waals surface area contributed by atoms with Crippen molar-refractivity contribution in [1.82, 2.24) is 4.90 Å². The number of rotatable bonds is 5. The summed E-state index contributed by atoms with van der Waals surface area (Å²) in [5.74, 6) is -2.56. The van der Waals surface area contributed by atoms with Crippen molar-refractivity contribution in [2.75, 3.05) is 6.54 Å². The first-order chi connectivity index (χ1) is 15.2. The van der Waals surface area contributed by atoms with Gasteiger partial charge in [0.15, 0.2) is 0 Å². The highest BCUT2D eigenvalue weighted by Crippen LogP contribution is 2.31. The van der Waals surface area contributed by atoms with E-state index in [1.807, 2.05) is 6.92 Å². The molecule has 0 unspecified atom stereocenters. The second-order valence-corrected chi connectivity index (χ2v) is 7.19. The molecule has 162 valence electrons. The van der Waals surface area contributed by atoms with Gasteiger partial charge in [0.2, 0.25) is 0 Å². The topological polar surface area (TPSA) is 137 Å². The Balaban J connectivity index is 1.62. The molecule has 0 aliphatic carbocycles. The van der Waals surface area contributed by atoms with E-state index in [-0.39, 0.29) is 22.5 Å². The lowest BCUT2D eigenvalue weighted by Crippen LogP contribution is -2.36. The number of amides is 2. The SMILES string of the molecule is CCc1cc2c(C)cc(=O)oc2cc1OC(=O)CN1C(=O)c2cccc([N+](=O)[O-])c2C1=O. The van der Waals surface area contributed by atoms with Gasteiger partial charge in [-0.05, 0) is 36.6 Å². The van der Waals surface area contributed by atoms with Gasteiger partial charge in [0.05, 0.1) is 10.5 Å². The van der Waals surface area contributed by atoms with Crippen LogP contribution in [0, 0.1) is 17.0 Å². The molecular formula is C22H16N2O8. The first kappa shape index (κ1) is 20.9. The molecule has 2 aromatic carbocycles. The predicted molar refractivity (Wildman–Crippen MR) is 111 cm³/mol. The molecule has 1 aliphatic heterocycles. The van der Waals surface area contributed by atoms with E-state index in [4.69, 9.17) is 9.15 Å². The number of imide groups is 1. The number of nitrogens with zero attached hydrogens (tertiary/aromatic N) is 2. The van der Waals surface area contributed by atoms with Gasteiger partial charge in [-0.3, -0.25) is 24.6 Å². The summed E-state index contributed by atoms with van der Waals surface area (Å²) in [5.41, 5.74) is 0.0272. The van der Waals surface area contributed by atoms with Crippen LogP contribution in [0.1, 0.15) is 38.8 Å². The molecule has 0 radical (unpaired) electrons. The van der Waals surface area contributed by atoms with Crippen molar-refractivity contribution >= 4 is 34.4 Å². The number of hydrogen-bond donors (Lipinski definition) is 0. The van der Waals surface area contributed by atoms with Crippen LogP contribution >= 0.6 is 0 Å². The monoisotopic (exact) mass is 436 g/mol. The zero-order chi connectivity index (χ0) is 23.2. The molecule has 2 heterocycles. The number of carbonyl (C=O) groups is 3. The molecule has 0 bridgehead atoms. The van der Waals surface area contributed by atoms with Crippen molar-refractivity contribution in [3.05, 3.63) is 79.2 Å². The van der Waals surface area contributed by atoms with Crippen molar-refractivity contribution in [2.24, 2.45) is 0 Å². The van der Waals surface area contributed by atoms with Crippen LogP contribution in [0.2, 0.25) is 0 Å². The number of aryl methyl sites for hydroxylation is 2. The average molecular weight is 436 g/mol. The van der Waals surface area contributed by atoms with Crippen LogP contribution in [0.4, 0.5) is 5.69 Å². The van der Waals surface area contributed by atoms with Gasteiger partial charge in [0.25, 0.3) is 17.5 Å². The Bertz CT molecular complexity index is 1390. The Morgan fingerprint density at radius 1 is 1.16 bits per heavy atom. The minimum atomic E-state index is -0.940. The number of fused-ring (bicyclic) bond motifs is 2. The molecule has 0 N–H and O–H groups in total. The van der Waals surface area contributed by atoms with Gasteiger partial charge in [0.1, 0.15) is 23.4 Å². The fraction of sp³-hybridized carbons (Fsp3) is 0.182. The first-order valence-corrected chi connectivity index (χ1v) is 9.63. The van der Waals surface area contributed by atoms with Gasteiger partial charge in [0, 0.05) is 23.6 Å². The van der Waals surface area contributed by atoms with Crippen LogP contribution in [0.5, 0.6) is 5.75 Å². The van der Waals surface area contributed by atoms with Crippen molar-refractivity contribution in [3.63, 3.8) is 0 Å². The highest BCUT2D eigenvalue weighted by molar-refractivity contribution is 6.24. The summed E-state index contributed by atoms with van der Waals surface area (Å²) in [6.45, 7) is 2.87. The highest BCUT2D eigenvalue weighted by Gasteiger charge is 2.42. The standard InChI is InChI=1S/C22H16N2O8/c1-3-12-8-14-11(2)7-18(25)32-17(14)9-16(12)31-19(26)10-23-21(27)13-5-4-6-15(24(29)30)20(13)22(23)28/h4-9H,3,10H2,1-2H3. The second kappa shape index (κ2) is 7.73. The zero-order valence-electron chi connectivity index (χ0n) is 17.0. The molecule has 0 spiro atoms. The Labute approximate surface area is 180 Å². The minimum absolute atomic E-state index is 0.126. The van der Waals surface area contributed by atoms with E-state index in [1.165, 1.54) is 24.3 Å². The highest BCUT2D eigenvalue weighted by atomic mass is 16.6. The quantitative estimate of drug-likeness (QED) is 0.149. The third-order valence-electron chi connectivity index (χ3n) is 5.20. The summed E-state index contributed by atoms with van der Waals surface area (Å²) in [6.07, 6.45) is 0.496. The van der Waals surface area contributed by atoms with Crippen molar-refractivity contribution in [3.8, 4) is 5.75 Å². The molecular weight excluding hydrogens is 420 g/mol. The molecule has 1 aliphatic rings. The maximum atomic E-state index is 12.6. The molecule has 10 nitrogen and oxygen atoms in total. The van der Waals surface area contributed by atoms with E-state index < -0.39 is 40.6 Å². The maximum absolute atomic E-state index is 12.6. The Hall–Kier alpha value is -4.34. The van der Waals surface area contributed by atoms with E-state index >= 15 is 0 Å². The molecule has 32 heavy (non-hydrogen) atoms. The van der Waals surface area contributed by atoms with E-state index in [9.17, 15) is 29.3 Å². The molecule has 0 atom stereocenters. The Morgan fingerprint density at radius 3 is 2.59 bits per heavy atom. The van der Waals surface area contributed by atoms with Crippen molar-refractivity contribution in [1.29, 1.82) is 0 Å². The maximum Gasteiger partial charge on any atom is 0.336 e. The molecule has 4 rings (SSSR count). The second-order valence-electron chi connectivity index (χ2n) is 7.19. The van der Waals surface area contributed by atoms with Crippen molar-refractivity contribution in [2.45, 2.75) is 20.3 Å². The third-order valence-corrected chi connectivity index (χ3v) is 5.20. The summed E-state index contributed by atoms with van der Waals surface area (Å²) in [4.78, 5) is 60.5. The van der Waals surface area contributed by atoms with E-state index in [0.717, 1.165) is 6.07 Å². The molecule has 10 heteroatoms. The van der Waals surface area contributed by atoms with Gasteiger partial charge < -0.3 is 9.15 Å². The fourth-order valence-electron chi connectivity index (χ4n) is 3.66. The number of carbonyl (C=O) groups excluding carboxylic acids is 3. The third kappa shape index (κ3) is 3.41. The number of hydrogen-bond acceptors (Lipinski definition) is 8. The number of benzene rings is 2. The normalized spacial score (nSPS) is 12.9. The number of nitro groups is 1. The number of esters is 1. The van der Waals surface area contributed by atoms with Crippen LogP contribution in [0.15, 0.2) is 45.6 Å². The first-order valence-electron chi connectivity index (χ1n) is 9.63. The van der Waals surface area contributed by atoms with E-state index in [1.54, 1.807) is 13.0 Å². The smallest absolute Gasteiger partial charge is 0.336 e. The van der Waals surface area contributed by atoms with Gasteiger partial charge in [-0.25, -0.2) is 9.59 Å². The van der Waals surface area contributed by atoms with Gasteiger partial charge in [-0.1, -0.05) is 13.0 Å². The summed E-state index contributed by atoms with van der Waals surface area (Å²) < 4.78 is 10.6. The number of ether oxygens (including phenoxy) is 1. The number of nitro benzene ring substituents is 1. The average Bonchev–Trinajstić information content (AvgIpc) is 2.98. The molecule has 1 aromatic heterocycles. The molecule has 0 saturated carbocycles. The zero-order valence-corrected chi connectivity index (χ0v) is 17.0. The van der Waals surface area contributed by atoms with Gasteiger partial charge in [-0.2, -0.15) is 0 Å². The van der Waals surface area contributed by atoms with Crippen molar-refractivity contribution < 1.29 is 28.5 Å². The minimum Gasteiger partial charge on any atom is -0.425 e. The fourth-order valence-corrected chi connectivity index (χ4v) is 3.66. The summed E-state index contributed by atoms with van der Waals surface area (Å²) in [7, 11) is 0. The lowest BCUT2D eigenvalue weighted by atomic mass is 10.1. The van der Waals surface area contributed by atoms with Crippen LogP contribution < -0.4 is 10.4 Å². The lowest BCUT2D eigenvalue weighted by molar-refractivity contribution is -0.385. The van der Waals surface area contributed by atoms with Crippen LogP contribution in [-0.2, 0) is 11.2 Å². The molecule has 3 aromatic rings. The van der Waals surface area contributed by atoms with E-state index in [0.29, 0.717) is 27.8 Å². The molecule has 2 amide bonds. The Morgan fingerprint density at radius 2 is 1.91 bits per heavy atom. The summed E-state index contributed by atoms with van der Waals surface area (Å²) in [6, 6.07) is 8.20. The summed E-state index contributed by atoms with van der Waals surface area (Å²) in [5, 5.41) is 11.9. The summed E-state index contributed by atoms with van der Waals surface area (Å²) >= 11 is 0. The van der Waals surface area contributed by atoms with Crippen LogP contribution in [0.3, 0.4) is 0 Å². The van der Waals surface area contributed by atoms with Crippen LogP contribution in [-0.4, -0.2) is 34.2 Å². The van der Waals surface area contributed by atoms with Gasteiger partial charge in [-0.15, -0.1) is 0 Å². The Kier molecular flexibility index (Phi) is 5.05. The van der Waals surface area contributed by atoms with Gasteiger partial charge >= 0.3 is 11.6 Å². The van der Waals surface area contributed by atoms with E-state index in [2.05, 4.69) is 0 Å². The predicted octanol–water partition coefficient (Wildman–Crippen LogP) is 2.77. The lowest BCUT2D eigenvalue weighted by Gasteiger charge is -2.15.